The lowest BCUT2D eigenvalue weighted by Crippen LogP contribution is -2.36. The number of hydrogen-bond donors (Lipinski definition) is 1. The Balaban J connectivity index is 2.10. The van der Waals surface area contributed by atoms with Gasteiger partial charge in [0.1, 0.15) is 0 Å². The van der Waals surface area contributed by atoms with E-state index < -0.39 is 15.9 Å². The van der Waals surface area contributed by atoms with Gasteiger partial charge < -0.3 is 5.32 Å². The third-order valence-corrected chi connectivity index (χ3v) is 4.78. The molecule has 0 radical (unpaired) electrons. The van der Waals surface area contributed by atoms with Crippen molar-refractivity contribution in [3.05, 3.63) is 64.7 Å². The van der Waals surface area contributed by atoms with Crippen molar-refractivity contribution in [2.45, 2.75) is 6.54 Å². The molecule has 0 aliphatic heterocycles. The van der Waals surface area contributed by atoms with E-state index in [2.05, 4.69) is 5.32 Å². The van der Waals surface area contributed by atoms with Crippen molar-refractivity contribution in [2.75, 3.05) is 18.1 Å². The van der Waals surface area contributed by atoms with E-state index in [-0.39, 0.29) is 13.1 Å². The number of rotatable bonds is 6. The van der Waals surface area contributed by atoms with Crippen LogP contribution in [0.3, 0.4) is 0 Å². The van der Waals surface area contributed by atoms with Crippen molar-refractivity contribution in [1.82, 2.24) is 4.31 Å². The number of benzene rings is 2. The molecule has 6 nitrogen and oxygen atoms in total. The highest BCUT2D eigenvalue weighted by atomic mass is 35.5. The van der Waals surface area contributed by atoms with Crippen molar-refractivity contribution >= 4 is 33.2 Å². The topological polar surface area (TPSA) is 90.3 Å². The average Bonchev–Trinajstić information content (AvgIpc) is 2.55. The Kier molecular flexibility index (Phi) is 6.15. The normalized spacial score (nSPS) is 11.1. The molecule has 2 aromatic rings. The van der Waals surface area contributed by atoms with Crippen molar-refractivity contribution < 1.29 is 13.2 Å². The standard InChI is InChI=1S/C17H16ClN3O3S/c1-25(23,24)21(11-13-5-7-15(18)8-6-13)12-17(22)20-16-4-2-3-14(9-16)10-19/h2-9H,11-12H2,1H3,(H,20,22). The molecule has 25 heavy (non-hydrogen) atoms. The van der Waals surface area contributed by atoms with Crippen LogP contribution >= 0.6 is 11.6 Å². The molecule has 0 bridgehead atoms. The summed E-state index contributed by atoms with van der Waals surface area (Å²) >= 11 is 5.82. The van der Waals surface area contributed by atoms with Crippen LogP contribution in [0.1, 0.15) is 11.1 Å². The fourth-order valence-electron chi connectivity index (χ4n) is 2.11. The number of carbonyl (C=O) groups is 1. The largest absolute Gasteiger partial charge is 0.325 e. The maximum Gasteiger partial charge on any atom is 0.239 e. The Morgan fingerprint density at radius 1 is 1.24 bits per heavy atom. The summed E-state index contributed by atoms with van der Waals surface area (Å²) in [6.45, 7) is -0.278. The highest BCUT2D eigenvalue weighted by molar-refractivity contribution is 7.88. The summed E-state index contributed by atoms with van der Waals surface area (Å²) in [4.78, 5) is 12.2. The Bertz CT molecular complexity index is 905. The molecule has 0 spiro atoms. The second-order valence-electron chi connectivity index (χ2n) is 5.40. The Morgan fingerprint density at radius 2 is 1.92 bits per heavy atom. The van der Waals surface area contributed by atoms with Crippen LogP contribution in [0.4, 0.5) is 5.69 Å². The van der Waals surface area contributed by atoms with Crippen LogP contribution in [0.2, 0.25) is 5.02 Å². The summed E-state index contributed by atoms with van der Waals surface area (Å²) in [6, 6.07) is 15.1. The van der Waals surface area contributed by atoms with Crippen molar-refractivity contribution in [3.8, 4) is 6.07 Å². The molecular weight excluding hydrogens is 362 g/mol. The number of anilines is 1. The quantitative estimate of drug-likeness (QED) is 0.837. The van der Waals surface area contributed by atoms with Gasteiger partial charge in [-0.05, 0) is 35.9 Å². The van der Waals surface area contributed by atoms with Gasteiger partial charge in [0.2, 0.25) is 15.9 Å². The first kappa shape index (κ1) is 18.9. The first-order valence-electron chi connectivity index (χ1n) is 7.27. The molecule has 0 fully saturated rings. The van der Waals surface area contributed by atoms with Crippen LogP contribution in [-0.2, 0) is 21.4 Å². The molecule has 0 unspecified atom stereocenters. The number of amides is 1. The third kappa shape index (κ3) is 5.87. The molecule has 1 N–H and O–H groups in total. The summed E-state index contributed by atoms with van der Waals surface area (Å²) in [7, 11) is -3.59. The minimum atomic E-state index is -3.59. The second-order valence-corrected chi connectivity index (χ2v) is 7.82. The molecule has 0 aliphatic rings. The summed E-state index contributed by atoms with van der Waals surface area (Å²) in [5, 5.41) is 12.0. The number of halogens is 1. The number of carbonyl (C=O) groups excluding carboxylic acids is 1. The van der Waals surface area contributed by atoms with Gasteiger partial charge in [0.05, 0.1) is 24.4 Å². The molecule has 130 valence electrons. The maximum absolute atomic E-state index is 12.2. The number of nitrogens with one attached hydrogen (secondary N) is 1. The highest BCUT2D eigenvalue weighted by Gasteiger charge is 2.20. The van der Waals surface area contributed by atoms with Crippen molar-refractivity contribution in [3.63, 3.8) is 0 Å². The summed E-state index contributed by atoms with van der Waals surface area (Å²) in [6.07, 6.45) is 1.05. The zero-order valence-corrected chi connectivity index (χ0v) is 15.0. The molecule has 0 aromatic heterocycles. The number of nitrogens with zero attached hydrogens (tertiary/aromatic N) is 2. The van der Waals surface area contributed by atoms with Gasteiger partial charge in [-0.1, -0.05) is 29.8 Å². The molecule has 0 saturated carbocycles. The molecule has 0 atom stereocenters. The van der Waals surface area contributed by atoms with Gasteiger partial charge in [0.15, 0.2) is 0 Å². The van der Waals surface area contributed by atoms with E-state index in [4.69, 9.17) is 16.9 Å². The van der Waals surface area contributed by atoms with Gasteiger partial charge in [-0.2, -0.15) is 9.57 Å². The van der Waals surface area contributed by atoms with E-state index in [0.29, 0.717) is 21.8 Å². The fourth-order valence-corrected chi connectivity index (χ4v) is 2.97. The zero-order chi connectivity index (χ0) is 18.4. The number of hydrogen-bond acceptors (Lipinski definition) is 4. The molecule has 1 amide bonds. The molecular formula is C17H16ClN3O3S. The van der Waals surface area contributed by atoms with Crippen LogP contribution in [-0.4, -0.2) is 31.4 Å². The van der Waals surface area contributed by atoms with Crippen LogP contribution in [0.15, 0.2) is 48.5 Å². The zero-order valence-electron chi connectivity index (χ0n) is 13.4. The summed E-state index contributed by atoms with van der Waals surface area (Å²) in [5.41, 5.74) is 1.55. The van der Waals surface area contributed by atoms with Gasteiger partial charge in [0, 0.05) is 17.3 Å². The molecule has 8 heteroatoms. The summed E-state index contributed by atoms with van der Waals surface area (Å²) in [5.74, 6) is -0.491. The minimum Gasteiger partial charge on any atom is -0.325 e. The monoisotopic (exact) mass is 377 g/mol. The lowest BCUT2D eigenvalue weighted by atomic mass is 10.2. The number of nitriles is 1. The van der Waals surface area contributed by atoms with E-state index in [9.17, 15) is 13.2 Å². The maximum atomic E-state index is 12.2. The fraction of sp³-hybridized carbons (Fsp3) is 0.176. The van der Waals surface area contributed by atoms with Gasteiger partial charge in [-0.25, -0.2) is 8.42 Å². The molecule has 2 aromatic carbocycles. The number of sulfonamides is 1. The molecule has 2 rings (SSSR count). The Morgan fingerprint density at radius 3 is 2.52 bits per heavy atom. The van der Waals surface area contributed by atoms with Crippen molar-refractivity contribution in [2.24, 2.45) is 0 Å². The van der Waals surface area contributed by atoms with Crippen molar-refractivity contribution in [1.29, 1.82) is 5.26 Å². The summed E-state index contributed by atoms with van der Waals surface area (Å²) < 4.78 is 25.0. The van der Waals surface area contributed by atoms with Crippen LogP contribution < -0.4 is 5.32 Å². The third-order valence-electron chi connectivity index (χ3n) is 3.34. The van der Waals surface area contributed by atoms with E-state index in [1.807, 2.05) is 6.07 Å². The highest BCUT2D eigenvalue weighted by Crippen LogP contribution is 2.14. The van der Waals surface area contributed by atoms with E-state index in [0.717, 1.165) is 10.6 Å². The van der Waals surface area contributed by atoms with Gasteiger partial charge >= 0.3 is 0 Å². The van der Waals surface area contributed by atoms with Crippen LogP contribution in [0.25, 0.3) is 0 Å². The van der Waals surface area contributed by atoms with E-state index >= 15 is 0 Å². The molecule has 0 aliphatic carbocycles. The Hall–Kier alpha value is -2.40. The van der Waals surface area contributed by atoms with Crippen LogP contribution in [0.5, 0.6) is 0 Å². The second kappa shape index (κ2) is 8.12. The first-order chi connectivity index (χ1) is 11.8. The first-order valence-corrected chi connectivity index (χ1v) is 9.50. The van der Waals surface area contributed by atoms with Gasteiger partial charge in [-0.3, -0.25) is 4.79 Å². The predicted molar refractivity (Wildman–Crippen MR) is 96.5 cm³/mol. The lowest BCUT2D eigenvalue weighted by Gasteiger charge is -2.19. The molecule has 0 heterocycles. The average molecular weight is 378 g/mol. The SMILES string of the molecule is CS(=O)(=O)N(CC(=O)Nc1cccc(C#N)c1)Cc1ccc(Cl)cc1. The van der Waals surface area contributed by atoms with E-state index in [1.165, 1.54) is 6.07 Å². The van der Waals surface area contributed by atoms with Gasteiger partial charge in [0.25, 0.3) is 0 Å². The smallest absolute Gasteiger partial charge is 0.239 e. The van der Waals surface area contributed by atoms with Crippen LogP contribution in [0, 0.1) is 11.3 Å². The molecule has 0 saturated heterocycles. The van der Waals surface area contributed by atoms with Gasteiger partial charge in [-0.15, -0.1) is 0 Å². The predicted octanol–water partition coefficient (Wildman–Crippen LogP) is 2.61. The minimum absolute atomic E-state index is 0.0572. The van der Waals surface area contributed by atoms with E-state index in [1.54, 1.807) is 42.5 Å². The Labute approximate surface area is 151 Å². The lowest BCUT2D eigenvalue weighted by molar-refractivity contribution is -0.116.